The summed E-state index contributed by atoms with van der Waals surface area (Å²) in [5.41, 5.74) is 0. The first kappa shape index (κ1) is 20.8. The molecule has 0 spiro atoms. The zero-order valence-corrected chi connectivity index (χ0v) is 14.6. The highest BCUT2D eigenvalue weighted by atomic mass is 16.6. The smallest absolute Gasteiger partial charge is 0.310 e. The van der Waals surface area contributed by atoms with Crippen LogP contribution in [0.3, 0.4) is 0 Å². The number of rotatable bonds is 6. The average Bonchev–Trinajstić information content (AvgIpc) is 3.00. The number of carbonyl (C=O) groups is 4. The highest BCUT2D eigenvalue weighted by molar-refractivity contribution is 5.93. The Morgan fingerprint density at radius 2 is 0.920 bits per heavy atom. The van der Waals surface area contributed by atoms with Gasteiger partial charge in [-0.2, -0.15) is 0 Å². The standard InChI is InChI=1S/C15H22O10/c1-21-11(16)6-7(12(17)22-2)9(14(19)24-4)10(15(20)25-5)8(6)13(18)23-3/h6-11,16H,1-5H3. The van der Waals surface area contributed by atoms with E-state index in [0.29, 0.717) is 0 Å². The molecular weight excluding hydrogens is 340 g/mol. The molecule has 142 valence electrons. The SMILES string of the molecule is COC(=O)C1C(C(=O)OC)C(C(=O)OC)C(C(O)OC)C1C(=O)OC. The minimum absolute atomic E-state index is 0.906. The third-order valence-corrected chi connectivity index (χ3v) is 4.45. The molecule has 0 aromatic rings. The van der Waals surface area contributed by atoms with Crippen LogP contribution in [0, 0.1) is 29.6 Å². The van der Waals surface area contributed by atoms with E-state index in [0.717, 1.165) is 35.5 Å². The third kappa shape index (κ3) is 3.74. The van der Waals surface area contributed by atoms with Gasteiger partial charge in [-0.15, -0.1) is 0 Å². The molecule has 5 atom stereocenters. The van der Waals surface area contributed by atoms with Gasteiger partial charge in [0, 0.05) is 13.0 Å². The van der Waals surface area contributed by atoms with Crippen molar-refractivity contribution in [3.8, 4) is 0 Å². The van der Waals surface area contributed by atoms with Crippen molar-refractivity contribution in [3.63, 3.8) is 0 Å². The summed E-state index contributed by atoms with van der Waals surface area (Å²) < 4.78 is 23.6. The molecule has 0 bridgehead atoms. The minimum atomic E-state index is -1.64. The lowest BCUT2D eigenvalue weighted by atomic mass is 9.86. The second-order valence-corrected chi connectivity index (χ2v) is 5.40. The molecule has 10 nitrogen and oxygen atoms in total. The lowest BCUT2D eigenvalue weighted by Crippen LogP contribution is -2.40. The van der Waals surface area contributed by atoms with Gasteiger partial charge in [0.15, 0.2) is 6.29 Å². The monoisotopic (exact) mass is 362 g/mol. The van der Waals surface area contributed by atoms with Crippen LogP contribution in [0.15, 0.2) is 0 Å². The maximum Gasteiger partial charge on any atom is 0.310 e. The summed E-state index contributed by atoms with van der Waals surface area (Å²) >= 11 is 0. The molecule has 0 aliphatic heterocycles. The number of aliphatic hydroxyl groups excluding tert-OH is 1. The summed E-state index contributed by atoms with van der Waals surface area (Å²) in [4.78, 5) is 49.1. The molecule has 1 saturated carbocycles. The van der Waals surface area contributed by atoms with E-state index in [9.17, 15) is 24.3 Å². The first-order chi connectivity index (χ1) is 11.8. The summed E-state index contributed by atoms with van der Waals surface area (Å²) in [6.07, 6.45) is -1.64. The second-order valence-electron chi connectivity index (χ2n) is 5.40. The van der Waals surface area contributed by atoms with E-state index in [1.165, 1.54) is 0 Å². The molecule has 1 rings (SSSR count). The molecule has 1 aliphatic rings. The van der Waals surface area contributed by atoms with E-state index >= 15 is 0 Å². The largest absolute Gasteiger partial charge is 0.469 e. The Hall–Kier alpha value is -2.20. The van der Waals surface area contributed by atoms with Crippen LogP contribution in [0.25, 0.3) is 0 Å². The lowest BCUT2D eigenvalue weighted by molar-refractivity contribution is -0.175. The fourth-order valence-corrected chi connectivity index (χ4v) is 3.40. The van der Waals surface area contributed by atoms with E-state index in [4.69, 9.17) is 4.74 Å². The number of hydrogen-bond acceptors (Lipinski definition) is 10. The normalized spacial score (nSPS) is 29.4. The van der Waals surface area contributed by atoms with Crippen molar-refractivity contribution >= 4 is 23.9 Å². The van der Waals surface area contributed by atoms with Gasteiger partial charge in [0.25, 0.3) is 0 Å². The van der Waals surface area contributed by atoms with Gasteiger partial charge in [-0.3, -0.25) is 19.2 Å². The van der Waals surface area contributed by atoms with Crippen LogP contribution in [0.4, 0.5) is 0 Å². The Kier molecular flexibility index (Phi) is 7.31. The van der Waals surface area contributed by atoms with Crippen LogP contribution >= 0.6 is 0 Å². The molecule has 0 aromatic carbocycles. The summed E-state index contributed by atoms with van der Waals surface area (Å²) in [7, 11) is 5.43. The highest BCUT2D eigenvalue weighted by Gasteiger charge is 2.65. The van der Waals surface area contributed by atoms with Crippen molar-refractivity contribution in [3.05, 3.63) is 0 Å². The van der Waals surface area contributed by atoms with Crippen molar-refractivity contribution in [1.29, 1.82) is 0 Å². The molecule has 1 aliphatic carbocycles. The summed E-state index contributed by atoms with van der Waals surface area (Å²) in [5, 5.41) is 10.2. The quantitative estimate of drug-likeness (QED) is 0.346. The van der Waals surface area contributed by atoms with Crippen LogP contribution in [0.5, 0.6) is 0 Å². The number of esters is 4. The van der Waals surface area contributed by atoms with E-state index in [-0.39, 0.29) is 0 Å². The molecule has 25 heavy (non-hydrogen) atoms. The number of hydrogen-bond donors (Lipinski definition) is 1. The summed E-state index contributed by atoms with van der Waals surface area (Å²) in [6.45, 7) is 0. The van der Waals surface area contributed by atoms with Gasteiger partial charge in [0.05, 0.1) is 52.1 Å². The number of aliphatic hydroxyl groups is 1. The summed E-state index contributed by atoms with van der Waals surface area (Å²) in [5.74, 6) is -10.5. The predicted octanol–water partition coefficient (Wildman–Crippen LogP) is -1.26. The van der Waals surface area contributed by atoms with Gasteiger partial charge in [-0.25, -0.2) is 0 Å². The first-order valence-electron chi connectivity index (χ1n) is 7.32. The van der Waals surface area contributed by atoms with Crippen LogP contribution in [-0.4, -0.2) is 70.8 Å². The van der Waals surface area contributed by atoms with Gasteiger partial charge >= 0.3 is 23.9 Å². The van der Waals surface area contributed by atoms with Gasteiger partial charge in [0.1, 0.15) is 0 Å². The van der Waals surface area contributed by atoms with E-state index in [1.54, 1.807) is 0 Å². The number of carbonyl (C=O) groups excluding carboxylic acids is 4. The topological polar surface area (TPSA) is 135 Å². The van der Waals surface area contributed by atoms with Crippen LogP contribution in [0.1, 0.15) is 0 Å². The molecule has 5 unspecified atom stereocenters. The molecule has 1 N–H and O–H groups in total. The first-order valence-corrected chi connectivity index (χ1v) is 7.32. The summed E-state index contributed by atoms with van der Waals surface area (Å²) in [6, 6.07) is 0. The van der Waals surface area contributed by atoms with Gasteiger partial charge in [0.2, 0.25) is 0 Å². The molecule has 0 heterocycles. The van der Waals surface area contributed by atoms with Crippen LogP contribution in [0.2, 0.25) is 0 Å². The lowest BCUT2D eigenvalue weighted by Gasteiger charge is -2.26. The second kappa shape index (κ2) is 8.77. The molecule has 0 amide bonds. The molecular formula is C15H22O10. The molecule has 1 fully saturated rings. The molecule has 0 radical (unpaired) electrons. The average molecular weight is 362 g/mol. The Balaban J connectivity index is 3.62. The Morgan fingerprint density at radius 1 is 0.640 bits per heavy atom. The van der Waals surface area contributed by atoms with Crippen molar-refractivity contribution in [1.82, 2.24) is 0 Å². The van der Waals surface area contributed by atoms with E-state index in [1.807, 2.05) is 0 Å². The molecule has 10 heteroatoms. The zero-order chi connectivity index (χ0) is 19.3. The Bertz CT molecular complexity index is 488. The van der Waals surface area contributed by atoms with Crippen molar-refractivity contribution in [2.24, 2.45) is 29.6 Å². The maximum absolute atomic E-state index is 12.3. The van der Waals surface area contributed by atoms with Crippen LogP contribution in [-0.2, 0) is 42.9 Å². The van der Waals surface area contributed by atoms with E-state index in [2.05, 4.69) is 18.9 Å². The van der Waals surface area contributed by atoms with Gasteiger partial charge in [-0.05, 0) is 0 Å². The fourth-order valence-electron chi connectivity index (χ4n) is 3.40. The maximum atomic E-state index is 12.3. The Labute approximate surface area is 144 Å². The third-order valence-electron chi connectivity index (χ3n) is 4.45. The van der Waals surface area contributed by atoms with Gasteiger partial charge in [-0.1, -0.05) is 0 Å². The predicted molar refractivity (Wildman–Crippen MR) is 78.5 cm³/mol. The number of ether oxygens (including phenoxy) is 5. The molecule has 0 aromatic heterocycles. The van der Waals surface area contributed by atoms with E-state index < -0.39 is 59.8 Å². The van der Waals surface area contributed by atoms with Gasteiger partial charge < -0.3 is 28.8 Å². The van der Waals surface area contributed by atoms with Crippen molar-refractivity contribution in [2.75, 3.05) is 35.5 Å². The highest BCUT2D eigenvalue weighted by Crippen LogP contribution is 2.50. The minimum Gasteiger partial charge on any atom is -0.469 e. The molecule has 0 saturated heterocycles. The van der Waals surface area contributed by atoms with Crippen molar-refractivity contribution < 1.29 is 48.0 Å². The van der Waals surface area contributed by atoms with Crippen LogP contribution < -0.4 is 0 Å². The van der Waals surface area contributed by atoms with Crippen molar-refractivity contribution in [2.45, 2.75) is 6.29 Å². The zero-order valence-electron chi connectivity index (χ0n) is 14.6. The fraction of sp³-hybridized carbons (Fsp3) is 0.733. The number of methoxy groups -OCH3 is 5. The Morgan fingerprint density at radius 3 is 1.16 bits per heavy atom.